The summed E-state index contributed by atoms with van der Waals surface area (Å²) in [4.78, 5) is 2.58. The Morgan fingerprint density at radius 1 is 1.24 bits per heavy atom. The topological polar surface area (TPSA) is 24.5 Å². The van der Waals surface area contributed by atoms with E-state index in [9.17, 15) is 0 Å². The van der Waals surface area contributed by atoms with Crippen LogP contribution < -0.4 is 5.32 Å². The Morgan fingerprint density at radius 3 is 2.65 bits per heavy atom. The van der Waals surface area contributed by atoms with Crippen molar-refractivity contribution in [2.24, 2.45) is 5.92 Å². The van der Waals surface area contributed by atoms with Gasteiger partial charge in [0.15, 0.2) is 0 Å². The molecule has 0 aromatic heterocycles. The van der Waals surface area contributed by atoms with E-state index in [1.165, 1.54) is 38.9 Å². The lowest BCUT2D eigenvalue weighted by Crippen LogP contribution is -2.35. The van der Waals surface area contributed by atoms with Crippen molar-refractivity contribution in [1.82, 2.24) is 10.2 Å². The van der Waals surface area contributed by atoms with Crippen LogP contribution in [0.3, 0.4) is 0 Å². The molecule has 0 spiro atoms. The van der Waals surface area contributed by atoms with E-state index in [1.807, 2.05) is 0 Å². The van der Waals surface area contributed by atoms with Crippen LogP contribution in [0.1, 0.15) is 39.5 Å². The van der Waals surface area contributed by atoms with E-state index >= 15 is 0 Å². The minimum Gasteiger partial charge on any atom is -0.381 e. The summed E-state index contributed by atoms with van der Waals surface area (Å²) in [5.41, 5.74) is 0. The van der Waals surface area contributed by atoms with Gasteiger partial charge in [0.2, 0.25) is 0 Å². The average Bonchev–Trinajstić information content (AvgIpc) is 2.36. The molecule has 0 amide bonds. The first-order valence-electron chi connectivity index (χ1n) is 7.37. The maximum Gasteiger partial charge on any atom is 0.0495 e. The summed E-state index contributed by atoms with van der Waals surface area (Å²) in [7, 11) is 0. The molecule has 1 N–H and O–H groups in total. The summed E-state index contributed by atoms with van der Waals surface area (Å²) < 4.78 is 5.76. The van der Waals surface area contributed by atoms with Crippen LogP contribution in [0.5, 0.6) is 0 Å². The molecule has 1 aliphatic heterocycles. The fraction of sp³-hybridized carbons (Fsp3) is 1.00. The van der Waals surface area contributed by atoms with Gasteiger partial charge in [0.05, 0.1) is 0 Å². The van der Waals surface area contributed by atoms with Crippen molar-refractivity contribution in [3.8, 4) is 0 Å². The summed E-state index contributed by atoms with van der Waals surface area (Å²) in [6, 6.07) is 0. The van der Waals surface area contributed by atoms with E-state index in [2.05, 4.69) is 24.1 Å². The van der Waals surface area contributed by atoms with Gasteiger partial charge in [-0.15, -0.1) is 0 Å². The molecule has 1 fully saturated rings. The average molecular weight is 242 g/mol. The first-order valence-corrected chi connectivity index (χ1v) is 7.37. The van der Waals surface area contributed by atoms with Gasteiger partial charge in [0.25, 0.3) is 0 Å². The number of nitrogens with zero attached hydrogens (tertiary/aromatic N) is 1. The molecular formula is C14H30N2O. The Labute approximate surface area is 107 Å². The summed E-state index contributed by atoms with van der Waals surface area (Å²) in [5.74, 6) is 0.808. The molecule has 0 saturated carbocycles. The van der Waals surface area contributed by atoms with Gasteiger partial charge in [-0.25, -0.2) is 0 Å². The predicted molar refractivity (Wildman–Crippen MR) is 73.4 cm³/mol. The lowest BCUT2D eigenvalue weighted by atomic mass is 9.98. The van der Waals surface area contributed by atoms with E-state index in [1.54, 1.807) is 0 Å². The second kappa shape index (κ2) is 9.86. The van der Waals surface area contributed by atoms with Crippen molar-refractivity contribution in [2.75, 3.05) is 45.9 Å². The Morgan fingerprint density at radius 2 is 2.00 bits per heavy atom. The molecule has 3 heteroatoms. The standard InChI is InChI=1S/C14H30N2O/c1-3-9-16-10-6-14(7-11-16)13-17-12-5-8-15-4-2/h14-15H,3-13H2,1-2H3. The summed E-state index contributed by atoms with van der Waals surface area (Å²) >= 11 is 0. The molecule has 102 valence electrons. The van der Waals surface area contributed by atoms with Gasteiger partial charge < -0.3 is 15.0 Å². The quantitative estimate of drug-likeness (QED) is 0.627. The zero-order valence-electron chi connectivity index (χ0n) is 11.7. The number of nitrogens with one attached hydrogen (secondary N) is 1. The third-order valence-electron chi connectivity index (χ3n) is 3.49. The monoisotopic (exact) mass is 242 g/mol. The van der Waals surface area contributed by atoms with Crippen LogP contribution in [0.2, 0.25) is 0 Å². The van der Waals surface area contributed by atoms with Crippen molar-refractivity contribution < 1.29 is 4.74 Å². The van der Waals surface area contributed by atoms with E-state index < -0.39 is 0 Å². The molecule has 0 radical (unpaired) electrons. The Bertz CT molecular complexity index is 168. The molecule has 0 atom stereocenters. The van der Waals surface area contributed by atoms with E-state index in [0.29, 0.717) is 0 Å². The molecule has 1 rings (SSSR count). The minimum absolute atomic E-state index is 0.808. The summed E-state index contributed by atoms with van der Waals surface area (Å²) in [6.07, 6.45) is 5.08. The number of piperidine rings is 1. The van der Waals surface area contributed by atoms with Gasteiger partial charge in [0, 0.05) is 13.2 Å². The Hall–Kier alpha value is -0.120. The summed E-state index contributed by atoms with van der Waals surface area (Å²) in [5, 5.41) is 3.32. The highest BCUT2D eigenvalue weighted by Gasteiger charge is 2.18. The Kier molecular flexibility index (Phi) is 8.67. The van der Waals surface area contributed by atoms with E-state index in [0.717, 1.165) is 38.6 Å². The summed E-state index contributed by atoms with van der Waals surface area (Å²) in [6.45, 7) is 12.3. The third kappa shape index (κ3) is 7.02. The molecule has 1 saturated heterocycles. The largest absolute Gasteiger partial charge is 0.381 e. The second-order valence-electron chi connectivity index (χ2n) is 5.07. The van der Waals surface area contributed by atoms with Crippen molar-refractivity contribution in [3.05, 3.63) is 0 Å². The normalized spacial score (nSPS) is 18.7. The third-order valence-corrected chi connectivity index (χ3v) is 3.49. The van der Waals surface area contributed by atoms with Gasteiger partial charge >= 0.3 is 0 Å². The van der Waals surface area contributed by atoms with Gasteiger partial charge in [-0.1, -0.05) is 13.8 Å². The molecule has 0 bridgehead atoms. The number of ether oxygens (including phenoxy) is 1. The zero-order chi connectivity index (χ0) is 12.3. The molecule has 17 heavy (non-hydrogen) atoms. The van der Waals surface area contributed by atoms with Crippen molar-refractivity contribution in [1.29, 1.82) is 0 Å². The number of rotatable bonds is 9. The Balaban J connectivity index is 1.91. The highest BCUT2D eigenvalue weighted by Crippen LogP contribution is 2.17. The number of hydrogen-bond donors (Lipinski definition) is 1. The lowest BCUT2D eigenvalue weighted by molar-refractivity contribution is 0.0659. The highest BCUT2D eigenvalue weighted by molar-refractivity contribution is 4.71. The molecule has 1 aliphatic rings. The van der Waals surface area contributed by atoms with Crippen LogP contribution in [-0.4, -0.2) is 50.8 Å². The zero-order valence-corrected chi connectivity index (χ0v) is 11.7. The minimum atomic E-state index is 0.808. The molecule has 0 aromatic rings. The van der Waals surface area contributed by atoms with E-state index in [4.69, 9.17) is 4.74 Å². The lowest BCUT2D eigenvalue weighted by Gasteiger charge is -2.31. The van der Waals surface area contributed by atoms with Crippen LogP contribution in [0, 0.1) is 5.92 Å². The van der Waals surface area contributed by atoms with Gasteiger partial charge in [0.1, 0.15) is 0 Å². The van der Waals surface area contributed by atoms with Gasteiger partial charge in [-0.2, -0.15) is 0 Å². The predicted octanol–water partition coefficient (Wildman–Crippen LogP) is 2.12. The fourth-order valence-electron chi connectivity index (χ4n) is 2.42. The molecule has 3 nitrogen and oxygen atoms in total. The smallest absolute Gasteiger partial charge is 0.0495 e. The van der Waals surface area contributed by atoms with Gasteiger partial charge in [-0.3, -0.25) is 0 Å². The molecule has 0 aromatic carbocycles. The molecule has 0 aliphatic carbocycles. The van der Waals surface area contributed by atoms with Crippen LogP contribution in [0.25, 0.3) is 0 Å². The van der Waals surface area contributed by atoms with E-state index in [-0.39, 0.29) is 0 Å². The SMILES string of the molecule is CCCN1CCC(COCCCNCC)CC1. The first-order chi connectivity index (χ1) is 8.36. The highest BCUT2D eigenvalue weighted by atomic mass is 16.5. The second-order valence-corrected chi connectivity index (χ2v) is 5.07. The number of hydrogen-bond acceptors (Lipinski definition) is 3. The van der Waals surface area contributed by atoms with Crippen LogP contribution in [-0.2, 0) is 4.74 Å². The fourth-order valence-corrected chi connectivity index (χ4v) is 2.42. The van der Waals surface area contributed by atoms with Crippen LogP contribution in [0.4, 0.5) is 0 Å². The molecule has 1 heterocycles. The number of likely N-dealkylation sites (tertiary alicyclic amines) is 1. The van der Waals surface area contributed by atoms with Crippen molar-refractivity contribution in [3.63, 3.8) is 0 Å². The maximum absolute atomic E-state index is 5.76. The first kappa shape index (κ1) is 14.9. The van der Waals surface area contributed by atoms with Gasteiger partial charge in [-0.05, 0) is 64.3 Å². The molecule has 0 unspecified atom stereocenters. The maximum atomic E-state index is 5.76. The molecular weight excluding hydrogens is 212 g/mol. The van der Waals surface area contributed by atoms with Crippen molar-refractivity contribution in [2.45, 2.75) is 39.5 Å². The van der Waals surface area contributed by atoms with Crippen LogP contribution in [0.15, 0.2) is 0 Å². The van der Waals surface area contributed by atoms with Crippen molar-refractivity contribution >= 4 is 0 Å². The van der Waals surface area contributed by atoms with Crippen LogP contribution >= 0.6 is 0 Å².